The first-order valence-corrected chi connectivity index (χ1v) is 8.51. The zero-order chi connectivity index (χ0) is 15.7. The molecule has 1 aliphatic rings. The van der Waals surface area contributed by atoms with Gasteiger partial charge in [-0.25, -0.2) is 0 Å². The van der Waals surface area contributed by atoms with Crippen LogP contribution in [0.15, 0.2) is 0 Å². The number of rotatable bonds is 9. The Morgan fingerprint density at radius 2 is 1.67 bits per heavy atom. The third kappa shape index (κ3) is 6.49. The molecule has 0 amide bonds. The Labute approximate surface area is 128 Å². The number of carbonyl (C=O) groups excluding carboxylic acids is 1. The van der Waals surface area contributed by atoms with E-state index in [-0.39, 0.29) is 23.9 Å². The van der Waals surface area contributed by atoms with E-state index in [1.165, 1.54) is 0 Å². The highest BCUT2D eigenvalue weighted by molar-refractivity contribution is 5.75. The molecule has 1 aliphatic carbocycles. The van der Waals surface area contributed by atoms with Gasteiger partial charge in [0, 0.05) is 0 Å². The van der Waals surface area contributed by atoms with Crippen molar-refractivity contribution in [2.75, 3.05) is 0 Å². The second-order valence-electron chi connectivity index (χ2n) is 6.24. The predicted octanol–water partition coefficient (Wildman–Crippen LogP) is 4.17. The normalized spacial score (nSPS) is 22.2. The summed E-state index contributed by atoms with van der Waals surface area (Å²) in [5.41, 5.74) is 0. The lowest BCUT2D eigenvalue weighted by Gasteiger charge is -2.27. The van der Waals surface area contributed by atoms with Gasteiger partial charge >= 0.3 is 11.9 Å². The first-order chi connectivity index (χ1) is 10.1. The number of carboxylic acids is 1. The lowest BCUT2D eigenvalue weighted by atomic mass is 9.81. The van der Waals surface area contributed by atoms with E-state index in [1.54, 1.807) is 0 Å². The van der Waals surface area contributed by atoms with Crippen LogP contribution in [0.25, 0.3) is 0 Å². The first-order valence-electron chi connectivity index (χ1n) is 8.51. The molecule has 0 aromatic rings. The number of hydrogen-bond acceptors (Lipinski definition) is 3. The molecule has 1 saturated carbocycles. The summed E-state index contributed by atoms with van der Waals surface area (Å²) < 4.78 is 5.69. The molecule has 0 aromatic heterocycles. The van der Waals surface area contributed by atoms with Crippen LogP contribution in [0, 0.1) is 11.8 Å². The summed E-state index contributed by atoms with van der Waals surface area (Å²) in [5, 5.41) is 9.10. The van der Waals surface area contributed by atoms with Gasteiger partial charge in [0.15, 0.2) is 0 Å². The zero-order valence-electron chi connectivity index (χ0n) is 13.5. The van der Waals surface area contributed by atoms with Crippen molar-refractivity contribution in [2.45, 2.75) is 84.2 Å². The van der Waals surface area contributed by atoms with Crippen molar-refractivity contribution in [3.63, 3.8) is 0 Å². The molecule has 4 heteroatoms. The van der Waals surface area contributed by atoms with Crippen molar-refractivity contribution in [3.05, 3.63) is 0 Å². The fourth-order valence-electron chi connectivity index (χ4n) is 3.01. The molecular formula is C17H30O4. The molecule has 0 spiro atoms. The van der Waals surface area contributed by atoms with Gasteiger partial charge in [0.2, 0.25) is 0 Å². The number of carbonyl (C=O) groups is 2. The lowest BCUT2D eigenvalue weighted by Crippen LogP contribution is -2.31. The number of carboxylic acid groups (broad SMARTS) is 1. The summed E-state index contributed by atoms with van der Waals surface area (Å²) in [5.74, 6) is -1.54. The molecule has 1 rings (SSSR count). The van der Waals surface area contributed by atoms with Crippen LogP contribution < -0.4 is 0 Å². The second-order valence-corrected chi connectivity index (χ2v) is 6.24. The molecule has 21 heavy (non-hydrogen) atoms. The Kier molecular flexibility index (Phi) is 8.40. The summed E-state index contributed by atoms with van der Waals surface area (Å²) in [4.78, 5) is 23.4. The Balaban J connectivity index is 2.48. The van der Waals surface area contributed by atoms with Crippen LogP contribution in [0.4, 0.5) is 0 Å². The SMILES string of the molecule is CCCCC(CCCC)OC(=O)C1CCCC(C(=O)O)C1. The van der Waals surface area contributed by atoms with Crippen molar-refractivity contribution in [2.24, 2.45) is 11.8 Å². The van der Waals surface area contributed by atoms with Crippen LogP contribution in [0.2, 0.25) is 0 Å². The number of aliphatic carboxylic acids is 1. The maximum atomic E-state index is 12.3. The number of ether oxygens (including phenoxy) is 1. The van der Waals surface area contributed by atoms with E-state index in [2.05, 4.69) is 13.8 Å². The molecule has 0 heterocycles. The maximum Gasteiger partial charge on any atom is 0.309 e. The van der Waals surface area contributed by atoms with Crippen LogP contribution in [-0.2, 0) is 14.3 Å². The van der Waals surface area contributed by atoms with Gasteiger partial charge < -0.3 is 9.84 Å². The standard InChI is InChI=1S/C17H30O4/c1-3-5-10-15(11-6-4-2)21-17(20)14-9-7-8-13(12-14)16(18)19/h13-15H,3-12H2,1-2H3,(H,18,19). The van der Waals surface area contributed by atoms with E-state index in [9.17, 15) is 9.59 Å². The topological polar surface area (TPSA) is 63.6 Å². The Morgan fingerprint density at radius 3 is 2.19 bits per heavy atom. The molecule has 2 atom stereocenters. The van der Waals surface area contributed by atoms with Gasteiger partial charge in [0.05, 0.1) is 11.8 Å². The molecule has 0 saturated heterocycles. The van der Waals surface area contributed by atoms with E-state index in [1.807, 2.05) is 0 Å². The smallest absolute Gasteiger partial charge is 0.309 e. The Bertz CT molecular complexity index is 319. The highest BCUT2D eigenvalue weighted by atomic mass is 16.5. The fraction of sp³-hybridized carbons (Fsp3) is 0.882. The minimum Gasteiger partial charge on any atom is -0.481 e. The van der Waals surface area contributed by atoms with Crippen LogP contribution in [-0.4, -0.2) is 23.1 Å². The maximum absolute atomic E-state index is 12.3. The van der Waals surface area contributed by atoms with Gasteiger partial charge in [-0.1, -0.05) is 46.0 Å². The minimum absolute atomic E-state index is 0.0163. The lowest BCUT2D eigenvalue weighted by molar-refractivity contribution is -0.158. The van der Waals surface area contributed by atoms with Crippen molar-refractivity contribution in [3.8, 4) is 0 Å². The molecule has 0 aromatic carbocycles. The van der Waals surface area contributed by atoms with Gasteiger partial charge in [-0.05, 0) is 32.1 Å². The summed E-state index contributed by atoms with van der Waals surface area (Å²) in [6, 6.07) is 0. The van der Waals surface area contributed by atoms with E-state index in [4.69, 9.17) is 9.84 Å². The van der Waals surface area contributed by atoms with Crippen molar-refractivity contribution >= 4 is 11.9 Å². The Hall–Kier alpha value is -1.06. The third-order valence-corrected chi connectivity index (χ3v) is 4.40. The van der Waals surface area contributed by atoms with E-state index in [0.29, 0.717) is 12.8 Å². The number of hydrogen-bond donors (Lipinski definition) is 1. The predicted molar refractivity (Wildman–Crippen MR) is 82.0 cm³/mol. The summed E-state index contributed by atoms with van der Waals surface area (Å²) >= 11 is 0. The van der Waals surface area contributed by atoms with E-state index in [0.717, 1.165) is 51.4 Å². The molecule has 0 radical (unpaired) electrons. The number of esters is 1. The Morgan fingerprint density at radius 1 is 1.10 bits per heavy atom. The average Bonchev–Trinajstić information content (AvgIpc) is 2.49. The highest BCUT2D eigenvalue weighted by Crippen LogP contribution is 2.30. The van der Waals surface area contributed by atoms with Gasteiger partial charge in [-0.3, -0.25) is 9.59 Å². The van der Waals surface area contributed by atoms with Crippen molar-refractivity contribution < 1.29 is 19.4 Å². The van der Waals surface area contributed by atoms with Crippen LogP contribution in [0.5, 0.6) is 0 Å². The summed E-state index contributed by atoms with van der Waals surface area (Å²) in [6.45, 7) is 4.27. The first kappa shape index (κ1) is 18.0. The second kappa shape index (κ2) is 9.80. The zero-order valence-corrected chi connectivity index (χ0v) is 13.5. The quantitative estimate of drug-likeness (QED) is 0.649. The van der Waals surface area contributed by atoms with E-state index >= 15 is 0 Å². The van der Waals surface area contributed by atoms with E-state index < -0.39 is 5.97 Å². The summed E-state index contributed by atoms with van der Waals surface area (Å²) in [7, 11) is 0. The molecule has 4 nitrogen and oxygen atoms in total. The molecule has 2 unspecified atom stereocenters. The fourth-order valence-corrected chi connectivity index (χ4v) is 3.01. The van der Waals surface area contributed by atoms with Crippen molar-refractivity contribution in [1.29, 1.82) is 0 Å². The van der Waals surface area contributed by atoms with Crippen molar-refractivity contribution in [1.82, 2.24) is 0 Å². The average molecular weight is 298 g/mol. The number of unbranched alkanes of at least 4 members (excludes halogenated alkanes) is 2. The van der Waals surface area contributed by atoms with Gasteiger partial charge in [0.25, 0.3) is 0 Å². The van der Waals surface area contributed by atoms with Gasteiger partial charge in [0.1, 0.15) is 6.10 Å². The van der Waals surface area contributed by atoms with Crippen LogP contribution in [0.3, 0.4) is 0 Å². The molecule has 122 valence electrons. The molecular weight excluding hydrogens is 268 g/mol. The van der Waals surface area contributed by atoms with Gasteiger partial charge in [-0.2, -0.15) is 0 Å². The molecule has 0 aliphatic heterocycles. The third-order valence-electron chi connectivity index (χ3n) is 4.40. The molecule has 0 bridgehead atoms. The van der Waals surface area contributed by atoms with Gasteiger partial charge in [-0.15, -0.1) is 0 Å². The molecule has 1 N–H and O–H groups in total. The monoisotopic (exact) mass is 298 g/mol. The summed E-state index contributed by atoms with van der Waals surface area (Å²) in [6.07, 6.45) is 8.94. The minimum atomic E-state index is -0.777. The largest absolute Gasteiger partial charge is 0.481 e. The highest BCUT2D eigenvalue weighted by Gasteiger charge is 2.32. The van der Waals surface area contributed by atoms with Crippen LogP contribution in [0.1, 0.15) is 78.1 Å². The molecule has 1 fully saturated rings. The van der Waals surface area contributed by atoms with Crippen LogP contribution >= 0.6 is 0 Å².